The molecule has 1 unspecified atom stereocenters. The maximum absolute atomic E-state index is 10.7. The van der Waals surface area contributed by atoms with Crippen molar-refractivity contribution in [1.82, 2.24) is 0 Å². The average molecular weight is 277 g/mol. The fourth-order valence-electron chi connectivity index (χ4n) is 1.88. The van der Waals surface area contributed by atoms with Crippen molar-refractivity contribution in [1.29, 1.82) is 0 Å². The van der Waals surface area contributed by atoms with E-state index in [0.717, 1.165) is 12.1 Å². The van der Waals surface area contributed by atoms with Gasteiger partial charge < -0.3 is 11.1 Å². The summed E-state index contributed by atoms with van der Waals surface area (Å²) in [6, 6.07) is 9.06. The molecule has 1 heterocycles. The molecule has 19 heavy (non-hydrogen) atoms. The topological polar surface area (TPSA) is 81.2 Å². The lowest BCUT2D eigenvalue weighted by Crippen LogP contribution is -2.17. The summed E-state index contributed by atoms with van der Waals surface area (Å²) < 4.78 is 0. The Morgan fingerprint density at radius 1 is 1.47 bits per heavy atom. The van der Waals surface area contributed by atoms with Crippen LogP contribution in [-0.2, 0) is 6.42 Å². The fraction of sp³-hybridized carbons (Fsp3) is 0.231. The summed E-state index contributed by atoms with van der Waals surface area (Å²) in [4.78, 5) is 11.5. The molecule has 1 atom stereocenters. The van der Waals surface area contributed by atoms with Gasteiger partial charge in [-0.15, -0.1) is 11.3 Å². The first-order valence-corrected chi connectivity index (χ1v) is 6.77. The third kappa shape index (κ3) is 3.45. The van der Waals surface area contributed by atoms with Crippen LogP contribution in [0.3, 0.4) is 0 Å². The highest BCUT2D eigenvalue weighted by Crippen LogP contribution is 2.25. The van der Waals surface area contributed by atoms with Gasteiger partial charge in [0.05, 0.1) is 4.92 Å². The van der Waals surface area contributed by atoms with Crippen molar-refractivity contribution in [3.8, 4) is 0 Å². The third-order valence-electron chi connectivity index (χ3n) is 2.72. The van der Waals surface area contributed by atoms with Crippen LogP contribution in [0.25, 0.3) is 0 Å². The molecule has 0 spiro atoms. The van der Waals surface area contributed by atoms with Gasteiger partial charge in [0.2, 0.25) is 0 Å². The van der Waals surface area contributed by atoms with Gasteiger partial charge in [-0.2, -0.15) is 0 Å². The number of nitro groups is 1. The average Bonchev–Trinajstić information content (AvgIpc) is 2.81. The molecular formula is C13H15N3O2S. The zero-order valence-corrected chi connectivity index (χ0v) is 11.3. The molecule has 0 aliphatic rings. The van der Waals surface area contributed by atoms with Gasteiger partial charge in [0.15, 0.2) is 0 Å². The van der Waals surface area contributed by atoms with Crippen LogP contribution < -0.4 is 11.1 Å². The molecule has 5 nitrogen and oxygen atoms in total. The van der Waals surface area contributed by atoms with E-state index >= 15 is 0 Å². The molecule has 0 radical (unpaired) electrons. The molecule has 0 aliphatic heterocycles. The highest BCUT2D eigenvalue weighted by atomic mass is 32.1. The van der Waals surface area contributed by atoms with E-state index in [1.165, 1.54) is 10.9 Å². The Morgan fingerprint density at radius 2 is 2.26 bits per heavy atom. The standard InChI is InChI=1S/C13H15N3O2S/c1-9(7-11-3-2-6-19-11)15-10-4-5-13(16(17)18)12(14)8-10/h2-6,8-9,15H,7,14H2,1H3. The number of hydrogen-bond acceptors (Lipinski definition) is 5. The molecule has 2 aromatic rings. The molecule has 100 valence electrons. The lowest BCUT2D eigenvalue weighted by Gasteiger charge is -2.14. The van der Waals surface area contributed by atoms with Gasteiger partial charge in [0.1, 0.15) is 5.69 Å². The second-order valence-electron chi connectivity index (χ2n) is 4.36. The maximum atomic E-state index is 10.7. The van der Waals surface area contributed by atoms with Crippen molar-refractivity contribution in [2.45, 2.75) is 19.4 Å². The number of nitrogens with two attached hydrogens (primary N) is 1. The van der Waals surface area contributed by atoms with Crippen LogP contribution in [-0.4, -0.2) is 11.0 Å². The van der Waals surface area contributed by atoms with Gasteiger partial charge in [-0.1, -0.05) is 6.07 Å². The minimum Gasteiger partial charge on any atom is -0.393 e. The predicted molar refractivity (Wildman–Crippen MR) is 78.6 cm³/mol. The van der Waals surface area contributed by atoms with Crippen molar-refractivity contribution in [3.05, 3.63) is 50.7 Å². The van der Waals surface area contributed by atoms with Gasteiger partial charge in [-0.3, -0.25) is 10.1 Å². The Hall–Kier alpha value is -2.08. The number of anilines is 2. The fourth-order valence-corrected chi connectivity index (χ4v) is 2.71. The predicted octanol–water partition coefficient (Wildman–Crippen LogP) is 3.28. The number of hydrogen-bond donors (Lipinski definition) is 2. The van der Waals surface area contributed by atoms with Crippen LogP contribution in [0.5, 0.6) is 0 Å². The Balaban J connectivity index is 2.03. The SMILES string of the molecule is CC(Cc1cccs1)Nc1ccc([N+](=O)[O-])c(N)c1. The first-order chi connectivity index (χ1) is 9.06. The number of nitro benzene ring substituents is 1. The van der Waals surface area contributed by atoms with Crippen LogP contribution in [0.2, 0.25) is 0 Å². The minimum absolute atomic E-state index is 0.0588. The van der Waals surface area contributed by atoms with E-state index in [1.54, 1.807) is 23.5 Å². The van der Waals surface area contributed by atoms with Crippen LogP contribution >= 0.6 is 11.3 Å². The van der Waals surface area contributed by atoms with Crippen LogP contribution in [0.1, 0.15) is 11.8 Å². The van der Waals surface area contributed by atoms with Gasteiger partial charge in [-0.25, -0.2) is 0 Å². The molecule has 0 saturated heterocycles. The number of nitrogens with zero attached hydrogens (tertiary/aromatic N) is 1. The number of nitrogens with one attached hydrogen (secondary N) is 1. The monoisotopic (exact) mass is 277 g/mol. The molecule has 0 aliphatic carbocycles. The normalized spacial score (nSPS) is 12.1. The molecule has 0 amide bonds. The molecule has 0 bridgehead atoms. The molecule has 6 heteroatoms. The number of nitrogen functional groups attached to an aromatic ring is 1. The summed E-state index contributed by atoms with van der Waals surface area (Å²) in [5, 5.41) is 16.0. The second kappa shape index (κ2) is 5.71. The van der Waals surface area contributed by atoms with Crippen molar-refractivity contribution in [3.63, 3.8) is 0 Å². The highest BCUT2D eigenvalue weighted by molar-refractivity contribution is 7.09. The highest BCUT2D eigenvalue weighted by Gasteiger charge is 2.12. The lowest BCUT2D eigenvalue weighted by molar-refractivity contribution is -0.383. The van der Waals surface area contributed by atoms with Gasteiger partial charge in [-0.05, 0) is 30.5 Å². The summed E-state index contributed by atoms with van der Waals surface area (Å²) >= 11 is 1.72. The molecule has 0 saturated carbocycles. The number of rotatable bonds is 5. The quantitative estimate of drug-likeness (QED) is 0.499. The van der Waals surface area contributed by atoms with Crippen molar-refractivity contribution in [2.24, 2.45) is 0 Å². The van der Waals surface area contributed by atoms with E-state index in [1.807, 2.05) is 11.4 Å². The number of thiophene rings is 1. The van der Waals surface area contributed by atoms with E-state index in [9.17, 15) is 10.1 Å². The summed E-state index contributed by atoms with van der Waals surface area (Å²) in [6.07, 6.45) is 0.911. The summed E-state index contributed by atoms with van der Waals surface area (Å²) in [7, 11) is 0. The van der Waals surface area contributed by atoms with Gasteiger partial charge >= 0.3 is 0 Å². The Kier molecular flexibility index (Phi) is 4.01. The molecular weight excluding hydrogens is 262 g/mol. The van der Waals surface area contributed by atoms with Crippen molar-refractivity contribution in [2.75, 3.05) is 11.1 Å². The van der Waals surface area contributed by atoms with E-state index in [2.05, 4.69) is 18.3 Å². The van der Waals surface area contributed by atoms with Crippen molar-refractivity contribution < 1.29 is 4.92 Å². The third-order valence-corrected chi connectivity index (χ3v) is 3.62. The Bertz CT molecular complexity index is 569. The van der Waals surface area contributed by atoms with Crippen LogP contribution in [0.4, 0.5) is 17.1 Å². The smallest absolute Gasteiger partial charge is 0.292 e. The summed E-state index contributed by atoms with van der Waals surface area (Å²) in [6.45, 7) is 2.07. The number of benzene rings is 1. The summed E-state index contributed by atoms with van der Waals surface area (Å²) in [5.41, 5.74) is 6.57. The second-order valence-corrected chi connectivity index (χ2v) is 5.39. The van der Waals surface area contributed by atoms with E-state index in [-0.39, 0.29) is 17.4 Å². The van der Waals surface area contributed by atoms with Gasteiger partial charge in [0.25, 0.3) is 5.69 Å². The Labute approximate surface area is 115 Å². The van der Waals surface area contributed by atoms with E-state index in [4.69, 9.17) is 5.73 Å². The molecule has 0 fully saturated rings. The van der Waals surface area contributed by atoms with Crippen LogP contribution in [0.15, 0.2) is 35.7 Å². The molecule has 1 aromatic carbocycles. The zero-order chi connectivity index (χ0) is 13.8. The Morgan fingerprint density at radius 3 is 2.84 bits per heavy atom. The van der Waals surface area contributed by atoms with Crippen molar-refractivity contribution >= 4 is 28.4 Å². The lowest BCUT2D eigenvalue weighted by atomic mass is 10.2. The van der Waals surface area contributed by atoms with E-state index in [0.29, 0.717) is 0 Å². The first kappa shape index (κ1) is 13.4. The molecule has 3 N–H and O–H groups in total. The minimum atomic E-state index is -0.478. The molecule has 2 rings (SSSR count). The molecule has 1 aromatic heterocycles. The largest absolute Gasteiger partial charge is 0.393 e. The first-order valence-electron chi connectivity index (χ1n) is 5.89. The maximum Gasteiger partial charge on any atom is 0.292 e. The van der Waals surface area contributed by atoms with Gasteiger partial charge in [0, 0.05) is 29.1 Å². The summed E-state index contributed by atoms with van der Waals surface area (Å²) in [5.74, 6) is 0. The van der Waals surface area contributed by atoms with E-state index < -0.39 is 4.92 Å². The van der Waals surface area contributed by atoms with Crippen LogP contribution in [0, 0.1) is 10.1 Å². The zero-order valence-electron chi connectivity index (χ0n) is 10.5.